The number of imidazole rings is 2. The average molecular weight is 387 g/mol. The molecule has 0 aliphatic heterocycles. The zero-order valence-corrected chi connectivity index (χ0v) is 15.7. The molecule has 0 spiro atoms. The minimum Gasteiger partial charge on any atom is -0.382 e. The van der Waals surface area contributed by atoms with Gasteiger partial charge in [-0.25, -0.2) is 18.9 Å². The summed E-state index contributed by atoms with van der Waals surface area (Å²) < 4.78 is 17.0. The van der Waals surface area contributed by atoms with Gasteiger partial charge in [0.25, 0.3) is 0 Å². The molecule has 4 rings (SSSR count). The smallest absolute Gasteiger partial charge is 0.156 e. The molecule has 0 saturated carbocycles. The molecule has 8 heteroatoms. The summed E-state index contributed by atoms with van der Waals surface area (Å²) >= 11 is 0. The predicted octanol–water partition coefficient (Wildman–Crippen LogP) is 4.06. The first-order valence-electron chi connectivity index (χ1n) is 8.82. The van der Waals surface area contributed by atoms with E-state index in [1.807, 2.05) is 29.7 Å². The van der Waals surface area contributed by atoms with Gasteiger partial charge in [0.1, 0.15) is 29.4 Å². The largest absolute Gasteiger partial charge is 0.382 e. The molecule has 0 atom stereocenters. The Balaban J connectivity index is 1.92. The molecule has 0 fully saturated rings. The molecule has 144 valence electrons. The van der Waals surface area contributed by atoms with E-state index in [9.17, 15) is 4.39 Å². The van der Waals surface area contributed by atoms with Gasteiger partial charge < -0.3 is 10.3 Å². The molecular formula is C21H18FN7. The molecule has 0 radical (unpaired) electrons. The molecule has 0 amide bonds. The Bertz CT molecular complexity index is 1250. The van der Waals surface area contributed by atoms with E-state index in [1.165, 1.54) is 12.1 Å². The molecule has 0 aliphatic rings. The highest BCUT2D eigenvalue weighted by Crippen LogP contribution is 2.32. The molecule has 4 aromatic rings. The molecule has 0 bridgehead atoms. The fourth-order valence-corrected chi connectivity index (χ4v) is 3.03. The van der Waals surface area contributed by atoms with Crippen molar-refractivity contribution < 1.29 is 4.39 Å². The number of fused-ring (bicyclic) bond motifs is 1. The third kappa shape index (κ3) is 3.55. The van der Waals surface area contributed by atoms with Crippen molar-refractivity contribution in [1.82, 2.24) is 24.1 Å². The third-order valence-corrected chi connectivity index (χ3v) is 4.38. The summed E-state index contributed by atoms with van der Waals surface area (Å²) in [5.74, 6) is 0.0846. The third-order valence-electron chi connectivity index (χ3n) is 4.38. The predicted molar refractivity (Wildman–Crippen MR) is 113 cm³/mol. The summed E-state index contributed by atoms with van der Waals surface area (Å²) in [7, 11) is 0. The Labute approximate surface area is 166 Å². The van der Waals surface area contributed by atoms with Crippen LogP contribution in [0.2, 0.25) is 0 Å². The first-order valence-corrected chi connectivity index (χ1v) is 8.82. The second-order valence-electron chi connectivity index (χ2n) is 6.34. The average Bonchev–Trinajstić information content (AvgIpc) is 3.31. The van der Waals surface area contributed by atoms with Crippen LogP contribution in [-0.4, -0.2) is 30.9 Å². The van der Waals surface area contributed by atoms with Crippen LogP contribution >= 0.6 is 0 Å². The highest BCUT2D eigenvalue weighted by Gasteiger charge is 2.18. The van der Waals surface area contributed by atoms with Gasteiger partial charge in [-0.2, -0.15) is 5.10 Å². The maximum absolute atomic E-state index is 13.4. The van der Waals surface area contributed by atoms with Gasteiger partial charge in [0.05, 0.1) is 11.9 Å². The molecule has 0 aliphatic carbocycles. The van der Waals surface area contributed by atoms with Crippen molar-refractivity contribution in [3.8, 4) is 22.6 Å². The Morgan fingerprint density at radius 1 is 1.21 bits per heavy atom. The Hall–Kier alpha value is -4.07. The number of aromatic nitrogens is 5. The van der Waals surface area contributed by atoms with Crippen LogP contribution in [0, 0.1) is 5.82 Å². The van der Waals surface area contributed by atoms with E-state index in [1.54, 1.807) is 41.4 Å². The number of hydrogen-bond donors (Lipinski definition) is 1. The summed E-state index contributed by atoms with van der Waals surface area (Å²) in [5.41, 5.74) is 10.2. The van der Waals surface area contributed by atoms with Crippen molar-refractivity contribution in [2.45, 2.75) is 6.92 Å². The molecule has 29 heavy (non-hydrogen) atoms. The minimum absolute atomic E-state index is 0.304. The van der Waals surface area contributed by atoms with Gasteiger partial charge in [-0.15, -0.1) is 0 Å². The maximum Gasteiger partial charge on any atom is 0.156 e. The van der Waals surface area contributed by atoms with Crippen LogP contribution in [0.4, 0.5) is 10.2 Å². The molecule has 0 saturated heterocycles. The van der Waals surface area contributed by atoms with E-state index in [0.717, 1.165) is 17.0 Å². The van der Waals surface area contributed by atoms with Crippen LogP contribution in [0.1, 0.15) is 6.92 Å². The maximum atomic E-state index is 13.4. The zero-order valence-electron chi connectivity index (χ0n) is 15.7. The molecule has 0 unspecified atom stereocenters. The number of allylic oxidation sites excluding steroid dienone is 3. The van der Waals surface area contributed by atoms with Crippen LogP contribution < -0.4 is 5.73 Å². The SMILES string of the molecule is C=NC=CC=C(C)n1cnc(-c2ccc(F)cc2)c1-c1ccc2nc(N)cn2n1. The van der Waals surface area contributed by atoms with Gasteiger partial charge in [-0.3, -0.25) is 4.99 Å². The number of hydrogen-bond acceptors (Lipinski definition) is 5. The number of anilines is 1. The number of halogens is 1. The lowest BCUT2D eigenvalue weighted by atomic mass is 10.1. The van der Waals surface area contributed by atoms with Gasteiger partial charge >= 0.3 is 0 Å². The van der Waals surface area contributed by atoms with Gasteiger partial charge in [0, 0.05) is 17.5 Å². The van der Waals surface area contributed by atoms with Gasteiger partial charge in [-0.05, 0) is 62.2 Å². The molecule has 3 heterocycles. The molecule has 1 aromatic carbocycles. The van der Waals surface area contributed by atoms with Gasteiger partial charge in [-0.1, -0.05) is 0 Å². The lowest BCUT2D eigenvalue weighted by molar-refractivity contribution is 0.628. The number of rotatable bonds is 5. The van der Waals surface area contributed by atoms with Crippen LogP contribution in [0.5, 0.6) is 0 Å². The van der Waals surface area contributed by atoms with E-state index in [2.05, 4.69) is 26.8 Å². The van der Waals surface area contributed by atoms with Gasteiger partial charge in [0.15, 0.2) is 5.65 Å². The lowest BCUT2D eigenvalue weighted by Crippen LogP contribution is -2.00. The van der Waals surface area contributed by atoms with Crippen molar-refractivity contribution >= 4 is 23.9 Å². The van der Waals surface area contributed by atoms with E-state index >= 15 is 0 Å². The Morgan fingerprint density at radius 3 is 2.76 bits per heavy atom. The number of benzene rings is 1. The van der Waals surface area contributed by atoms with E-state index in [4.69, 9.17) is 5.73 Å². The second-order valence-corrected chi connectivity index (χ2v) is 6.34. The molecule has 7 nitrogen and oxygen atoms in total. The highest BCUT2D eigenvalue weighted by atomic mass is 19.1. The number of nitrogen functional groups attached to an aromatic ring is 1. The van der Waals surface area contributed by atoms with Crippen LogP contribution in [0.15, 0.2) is 72.3 Å². The molecule has 2 N–H and O–H groups in total. The fourth-order valence-electron chi connectivity index (χ4n) is 3.03. The Morgan fingerprint density at radius 2 is 2.00 bits per heavy atom. The zero-order chi connectivity index (χ0) is 20.4. The summed E-state index contributed by atoms with van der Waals surface area (Å²) in [6.07, 6.45) is 8.64. The van der Waals surface area contributed by atoms with E-state index < -0.39 is 0 Å². The van der Waals surface area contributed by atoms with Crippen molar-refractivity contribution in [1.29, 1.82) is 0 Å². The summed E-state index contributed by atoms with van der Waals surface area (Å²) in [6.45, 7) is 5.38. The van der Waals surface area contributed by atoms with Crippen LogP contribution in [0.25, 0.3) is 34.0 Å². The fraction of sp³-hybridized carbons (Fsp3) is 0.0476. The second kappa shape index (κ2) is 7.51. The van der Waals surface area contributed by atoms with Crippen molar-refractivity contribution in [2.24, 2.45) is 4.99 Å². The Kier molecular flexibility index (Phi) is 4.74. The molecule has 3 aromatic heterocycles. The summed E-state index contributed by atoms with van der Waals surface area (Å²) in [4.78, 5) is 12.5. The standard InChI is InChI=1S/C21H18FN7/c1-14(4-3-11-24-2)28-13-25-20(15-5-7-16(22)8-6-15)21(28)17-9-10-19-26-18(23)12-29(19)27-17/h3-13H,2,23H2,1H3. The minimum atomic E-state index is -0.304. The normalized spacial score (nSPS) is 12.1. The summed E-state index contributed by atoms with van der Waals surface area (Å²) in [5, 5.41) is 4.65. The van der Waals surface area contributed by atoms with Crippen LogP contribution in [0.3, 0.4) is 0 Å². The van der Waals surface area contributed by atoms with E-state index in [-0.39, 0.29) is 5.82 Å². The van der Waals surface area contributed by atoms with Crippen molar-refractivity contribution in [3.05, 3.63) is 73.1 Å². The van der Waals surface area contributed by atoms with E-state index in [0.29, 0.717) is 22.9 Å². The lowest BCUT2D eigenvalue weighted by Gasteiger charge is -2.10. The number of aliphatic imine (C=N–C) groups is 1. The van der Waals surface area contributed by atoms with Crippen molar-refractivity contribution in [3.63, 3.8) is 0 Å². The first-order chi connectivity index (χ1) is 14.1. The quantitative estimate of drug-likeness (QED) is 0.413. The monoisotopic (exact) mass is 387 g/mol. The first kappa shape index (κ1) is 18.3. The van der Waals surface area contributed by atoms with Crippen molar-refractivity contribution in [2.75, 3.05) is 5.73 Å². The number of nitrogens with two attached hydrogens (primary N) is 1. The summed E-state index contributed by atoms with van der Waals surface area (Å²) in [6, 6.07) is 9.90. The van der Waals surface area contributed by atoms with Gasteiger partial charge in [0.2, 0.25) is 0 Å². The highest BCUT2D eigenvalue weighted by molar-refractivity contribution is 5.79. The van der Waals surface area contributed by atoms with Crippen LogP contribution in [-0.2, 0) is 0 Å². The number of nitrogens with zero attached hydrogens (tertiary/aromatic N) is 6. The molecular weight excluding hydrogens is 369 g/mol. The topological polar surface area (TPSA) is 86.4 Å².